The van der Waals surface area contributed by atoms with Crippen LogP contribution in [0, 0.1) is 6.92 Å². The molecule has 2 heteroatoms. The third kappa shape index (κ3) is 3.23. The molecule has 2 rings (SSSR count). The lowest BCUT2D eigenvalue weighted by Gasteiger charge is -2.09. The van der Waals surface area contributed by atoms with Crippen molar-refractivity contribution in [2.24, 2.45) is 0 Å². The minimum Gasteiger partial charge on any atom is -0.461 e. The lowest BCUT2D eigenvalue weighted by atomic mass is 10.1. The van der Waals surface area contributed by atoms with Crippen LogP contribution in [0.4, 0.5) is 0 Å². The van der Waals surface area contributed by atoms with E-state index in [1.165, 1.54) is 5.56 Å². The number of hydrogen-bond acceptors (Lipinski definition) is 2. The van der Waals surface area contributed by atoms with Crippen molar-refractivity contribution in [2.45, 2.75) is 33.2 Å². The van der Waals surface area contributed by atoms with Crippen molar-refractivity contribution in [2.75, 3.05) is 6.54 Å². The Morgan fingerprint density at radius 2 is 1.83 bits per heavy atom. The van der Waals surface area contributed by atoms with Crippen LogP contribution in [0.1, 0.15) is 25.2 Å². The van der Waals surface area contributed by atoms with Gasteiger partial charge in [-0.25, -0.2) is 0 Å². The molecule has 1 atom stereocenters. The molecular weight excluding hydrogens is 222 g/mol. The maximum Gasteiger partial charge on any atom is 0.134 e. The molecule has 1 N–H and O–H groups in total. The molecule has 96 valence electrons. The average molecular weight is 243 g/mol. The first-order valence-electron chi connectivity index (χ1n) is 6.58. The Hall–Kier alpha value is -1.54. The Kier molecular flexibility index (Phi) is 4.21. The lowest BCUT2D eigenvalue weighted by Crippen LogP contribution is -2.27. The molecule has 0 bridgehead atoms. The predicted octanol–water partition coefficient (Wildman–Crippen LogP) is 3.80. The zero-order valence-electron chi connectivity index (χ0n) is 11.4. The van der Waals surface area contributed by atoms with Gasteiger partial charge in [-0.2, -0.15) is 0 Å². The molecule has 0 aliphatic rings. The molecule has 18 heavy (non-hydrogen) atoms. The molecule has 0 radical (unpaired) electrons. The second-order valence-electron chi connectivity index (χ2n) is 4.79. The summed E-state index contributed by atoms with van der Waals surface area (Å²) < 4.78 is 5.89. The van der Waals surface area contributed by atoms with Crippen LogP contribution in [0.2, 0.25) is 0 Å². The van der Waals surface area contributed by atoms with E-state index in [1.807, 2.05) is 0 Å². The van der Waals surface area contributed by atoms with E-state index >= 15 is 0 Å². The number of rotatable bonds is 5. The Morgan fingerprint density at radius 3 is 2.50 bits per heavy atom. The first kappa shape index (κ1) is 12.9. The van der Waals surface area contributed by atoms with Crippen LogP contribution in [-0.2, 0) is 6.42 Å². The molecular formula is C16H21NO. The van der Waals surface area contributed by atoms with Gasteiger partial charge in [-0.05, 0) is 32.5 Å². The van der Waals surface area contributed by atoms with E-state index in [-0.39, 0.29) is 0 Å². The highest BCUT2D eigenvalue weighted by Gasteiger charge is 2.07. The first-order chi connectivity index (χ1) is 8.69. The fraction of sp³-hybridized carbons (Fsp3) is 0.375. The number of aryl methyl sites for hydroxylation is 1. The van der Waals surface area contributed by atoms with E-state index in [9.17, 15) is 0 Å². The SMILES string of the molecule is CCNC(C)Cc1ccc(-c2ccc(C)cc2)o1. The summed E-state index contributed by atoms with van der Waals surface area (Å²) in [5, 5.41) is 3.39. The fourth-order valence-corrected chi connectivity index (χ4v) is 2.08. The van der Waals surface area contributed by atoms with E-state index in [0.29, 0.717) is 6.04 Å². The van der Waals surface area contributed by atoms with Crippen LogP contribution < -0.4 is 5.32 Å². The van der Waals surface area contributed by atoms with E-state index < -0.39 is 0 Å². The van der Waals surface area contributed by atoms with Crippen molar-refractivity contribution in [3.8, 4) is 11.3 Å². The number of benzene rings is 1. The van der Waals surface area contributed by atoms with Gasteiger partial charge < -0.3 is 9.73 Å². The number of likely N-dealkylation sites (N-methyl/N-ethyl adjacent to an activating group) is 1. The van der Waals surface area contributed by atoms with Gasteiger partial charge in [0, 0.05) is 18.0 Å². The van der Waals surface area contributed by atoms with Crippen LogP contribution in [0.5, 0.6) is 0 Å². The van der Waals surface area contributed by atoms with Crippen LogP contribution in [-0.4, -0.2) is 12.6 Å². The zero-order valence-corrected chi connectivity index (χ0v) is 11.4. The second-order valence-corrected chi connectivity index (χ2v) is 4.79. The monoisotopic (exact) mass is 243 g/mol. The molecule has 2 nitrogen and oxygen atoms in total. The highest BCUT2D eigenvalue weighted by molar-refractivity contribution is 5.57. The molecule has 0 saturated carbocycles. The van der Waals surface area contributed by atoms with Gasteiger partial charge in [0.1, 0.15) is 11.5 Å². The molecule has 0 aliphatic carbocycles. The van der Waals surface area contributed by atoms with Gasteiger partial charge in [-0.1, -0.05) is 36.8 Å². The quantitative estimate of drug-likeness (QED) is 0.864. The van der Waals surface area contributed by atoms with Gasteiger partial charge >= 0.3 is 0 Å². The van der Waals surface area contributed by atoms with Crippen molar-refractivity contribution in [3.05, 3.63) is 47.7 Å². The minimum atomic E-state index is 0.451. The largest absolute Gasteiger partial charge is 0.461 e. The molecule has 2 aromatic rings. The number of furan rings is 1. The summed E-state index contributed by atoms with van der Waals surface area (Å²) in [6.07, 6.45) is 0.930. The molecule has 1 unspecified atom stereocenters. The van der Waals surface area contributed by atoms with Crippen LogP contribution in [0.3, 0.4) is 0 Å². The molecule has 1 heterocycles. The molecule has 0 aliphatic heterocycles. The van der Waals surface area contributed by atoms with Crippen LogP contribution in [0.25, 0.3) is 11.3 Å². The van der Waals surface area contributed by atoms with Gasteiger partial charge in [0.05, 0.1) is 0 Å². The Bertz CT molecular complexity index is 484. The van der Waals surface area contributed by atoms with Crippen molar-refractivity contribution < 1.29 is 4.42 Å². The van der Waals surface area contributed by atoms with Gasteiger partial charge in [0.25, 0.3) is 0 Å². The fourth-order valence-electron chi connectivity index (χ4n) is 2.08. The van der Waals surface area contributed by atoms with Crippen molar-refractivity contribution in [3.63, 3.8) is 0 Å². The Labute approximate surface area is 109 Å². The summed E-state index contributed by atoms with van der Waals surface area (Å²) in [4.78, 5) is 0. The molecule has 0 saturated heterocycles. The summed E-state index contributed by atoms with van der Waals surface area (Å²) in [5.74, 6) is 1.99. The zero-order chi connectivity index (χ0) is 13.0. The highest BCUT2D eigenvalue weighted by atomic mass is 16.3. The van der Waals surface area contributed by atoms with Crippen LogP contribution >= 0.6 is 0 Å². The maximum absolute atomic E-state index is 5.89. The van der Waals surface area contributed by atoms with Crippen molar-refractivity contribution >= 4 is 0 Å². The lowest BCUT2D eigenvalue weighted by molar-refractivity contribution is 0.470. The van der Waals surface area contributed by atoms with E-state index in [0.717, 1.165) is 30.0 Å². The summed E-state index contributed by atoms with van der Waals surface area (Å²) in [6, 6.07) is 13.0. The number of hydrogen-bond donors (Lipinski definition) is 1. The maximum atomic E-state index is 5.89. The van der Waals surface area contributed by atoms with Crippen molar-refractivity contribution in [1.29, 1.82) is 0 Å². The van der Waals surface area contributed by atoms with Gasteiger partial charge in [-0.3, -0.25) is 0 Å². The van der Waals surface area contributed by atoms with E-state index in [1.54, 1.807) is 0 Å². The number of nitrogens with one attached hydrogen (secondary N) is 1. The molecule has 0 fully saturated rings. The van der Waals surface area contributed by atoms with Crippen molar-refractivity contribution in [1.82, 2.24) is 5.32 Å². The van der Waals surface area contributed by atoms with Gasteiger partial charge in [0.15, 0.2) is 0 Å². The third-order valence-electron chi connectivity index (χ3n) is 3.06. The Morgan fingerprint density at radius 1 is 1.11 bits per heavy atom. The summed E-state index contributed by atoms with van der Waals surface area (Å²) in [7, 11) is 0. The predicted molar refractivity (Wildman–Crippen MR) is 75.7 cm³/mol. The summed E-state index contributed by atoms with van der Waals surface area (Å²) >= 11 is 0. The third-order valence-corrected chi connectivity index (χ3v) is 3.06. The van der Waals surface area contributed by atoms with Crippen LogP contribution in [0.15, 0.2) is 40.8 Å². The Balaban J connectivity index is 2.08. The normalized spacial score (nSPS) is 12.6. The van der Waals surface area contributed by atoms with Gasteiger partial charge in [0.2, 0.25) is 0 Å². The first-order valence-corrected chi connectivity index (χ1v) is 6.58. The highest BCUT2D eigenvalue weighted by Crippen LogP contribution is 2.23. The topological polar surface area (TPSA) is 25.2 Å². The molecule has 1 aromatic carbocycles. The minimum absolute atomic E-state index is 0.451. The van der Waals surface area contributed by atoms with E-state index in [4.69, 9.17) is 4.42 Å². The summed E-state index contributed by atoms with van der Waals surface area (Å²) in [6.45, 7) is 7.38. The molecule has 1 aromatic heterocycles. The molecule has 0 amide bonds. The summed E-state index contributed by atoms with van der Waals surface area (Å²) in [5.41, 5.74) is 2.41. The molecule has 0 spiro atoms. The smallest absolute Gasteiger partial charge is 0.134 e. The van der Waals surface area contributed by atoms with E-state index in [2.05, 4.69) is 62.5 Å². The second kappa shape index (κ2) is 5.87. The average Bonchev–Trinajstić information content (AvgIpc) is 2.78. The van der Waals surface area contributed by atoms with Gasteiger partial charge in [-0.15, -0.1) is 0 Å². The standard InChI is InChI=1S/C16H21NO/c1-4-17-13(3)11-15-9-10-16(18-15)14-7-5-12(2)6-8-14/h5-10,13,17H,4,11H2,1-3H3.